The number of nitrogens with zero attached hydrogens (tertiary/aromatic N) is 2. The van der Waals surface area contributed by atoms with Crippen LogP contribution in [0.15, 0.2) is 34.3 Å². The third-order valence-corrected chi connectivity index (χ3v) is 8.89. The Bertz CT molecular complexity index is 1170. The largest absolute Gasteiger partial charge is 0.487 e. The molecule has 0 aromatic heterocycles. The second-order valence-electron chi connectivity index (χ2n) is 14.9. The minimum absolute atomic E-state index is 0.148. The highest BCUT2D eigenvalue weighted by atomic mass is 16.5. The fourth-order valence-electron chi connectivity index (χ4n) is 6.53. The average molecular weight is 603 g/mol. The summed E-state index contributed by atoms with van der Waals surface area (Å²) < 4.78 is 13.0. The van der Waals surface area contributed by atoms with Crippen molar-refractivity contribution in [3.05, 3.63) is 57.6 Å². The van der Waals surface area contributed by atoms with E-state index in [0.29, 0.717) is 11.8 Å². The van der Waals surface area contributed by atoms with E-state index < -0.39 is 0 Å². The van der Waals surface area contributed by atoms with Crippen molar-refractivity contribution in [3.8, 4) is 11.5 Å². The lowest BCUT2D eigenvalue weighted by atomic mass is 9.89. The van der Waals surface area contributed by atoms with Gasteiger partial charge in [-0.15, -0.1) is 0 Å². The lowest BCUT2D eigenvalue weighted by Gasteiger charge is -2.28. The normalized spacial score (nSPS) is 18.2. The quantitative estimate of drug-likeness (QED) is 0.227. The molecule has 0 spiro atoms. The molecule has 0 N–H and O–H groups in total. The van der Waals surface area contributed by atoms with E-state index in [1.165, 1.54) is 35.1 Å². The molecule has 0 radical (unpaired) electrons. The van der Waals surface area contributed by atoms with Crippen LogP contribution in [-0.2, 0) is 0 Å². The molecule has 1 saturated carbocycles. The Balaban J connectivity index is 2.01. The van der Waals surface area contributed by atoms with Gasteiger partial charge in [-0.3, -0.25) is 9.98 Å². The zero-order valence-corrected chi connectivity index (χ0v) is 30.1. The monoisotopic (exact) mass is 602 g/mol. The van der Waals surface area contributed by atoms with Crippen molar-refractivity contribution in [2.45, 2.75) is 170 Å². The number of rotatable bonds is 12. The molecule has 0 saturated heterocycles. The van der Waals surface area contributed by atoms with Crippen LogP contribution in [0.3, 0.4) is 0 Å². The molecule has 4 heteroatoms. The average Bonchev–Trinajstić information content (AvgIpc) is 2.94. The molecule has 0 heterocycles. The summed E-state index contributed by atoms with van der Waals surface area (Å²) in [5.41, 5.74) is 6.74. The van der Waals surface area contributed by atoms with E-state index in [9.17, 15) is 0 Å². The number of hydrogen-bond acceptors (Lipinski definition) is 4. The van der Waals surface area contributed by atoms with Crippen molar-refractivity contribution >= 4 is 12.4 Å². The van der Waals surface area contributed by atoms with Crippen LogP contribution < -0.4 is 9.47 Å². The van der Waals surface area contributed by atoms with Crippen LogP contribution in [-0.4, -0.2) is 35.7 Å². The summed E-state index contributed by atoms with van der Waals surface area (Å²) in [5, 5.41) is 0. The molecule has 4 nitrogen and oxygen atoms in total. The second kappa shape index (κ2) is 15.6. The van der Waals surface area contributed by atoms with E-state index in [1.54, 1.807) is 0 Å². The summed E-state index contributed by atoms with van der Waals surface area (Å²) in [6.07, 6.45) is 13.2. The third kappa shape index (κ3) is 9.94. The highest BCUT2D eigenvalue weighted by Gasteiger charge is 2.25. The SMILES string of the molecule is CCC(CC)c1cc(C)c(OC(C)(C)C)c(C=NC2CCCCC2N=Cc2cc(C(CC)CC)cc(C)c2OC(C)(C)C)c1. The summed E-state index contributed by atoms with van der Waals surface area (Å²) in [6, 6.07) is 9.57. The van der Waals surface area contributed by atoms with Crippen molar-refractivity contribution in [2.24, 2.45) is 9.98 Å². The minimum Gasteiger partial charge on any atom is -0.487 e. The first-order valence-electron chi connectivity index (χ1n) is 17.4. The topological polar surface area (TPSA) is 43.2 Å². The Morgan fingerprint density at radius 1 is 0.636 bits per heavy atom. The van der Waals surface area contributed by atoms with Crippen LogP contribution in [0.2, 0.25) is 0 Å². The first kappa shape index (κ1) is 35.9. The number of benzene rings is 2. The predicted octanol–water partition coefficient (Wildman–Crippen LogP) is 11.3. The van der Waals surface area contributed by atoms with Gasteiger partial charge in [-0.2, -0.15) is 0 Å². The summed E-state index contributed by atoms with van der Waals surface area (Å²) in [6.45, 7) is 26.2. The van der Waals surface area contributed by atoms with E-state index >= 15 is 0 Å². The molecule has 2 aromatic rings. The number of aliphatic imine (C=N–C) groups is 2. The molecule has 2 unspecified atom stereocenters. The highest BCUT2D eigenvalue weighted by Crippen LogP contribution is 2.35. The van der Waals surface area contributed by atoms with Crippen LogP contribution in [0, 0.1) is 13.8 Å². The molecule has 244 valence electrons. The predicted molar refractivity (Wildman–Crippen MR) is 191 cm³/mol. The highest BCUT2D eigenvalue weighted by molar-refractivity contribution is 5.86. The van der Waals surface area contributed by atoms with Crippen molar-refractivity contribution in [2.75, 3.05) is 0 Å². The Morgan fingerprint density at radius 2 is 0.977 bits per heavy atom. The van der Waals surface area contributed by atoms with Gasteiger partial charge in [-0.25, -0.2) is 0 Å². The number of aryl methyl sites for hydroxylation is 2. The summed E-state index contributed by atoms with van der Waals surface area (Å²) in [4.78, 5) is 10.5. The van der Waals surface area contributed by atoms with Crippen LogP contribution in [0.1, 0.15) is 166 Å². The molecule has 1 aliphatic rings. The van der Waals surface area contributed by atoms with Gasteiger partial charge >= 0.3 is 0 Å². The summed E-state index contributed by atoms with van der Waals surface area (Å²) >= 11 is 0. The molecule has 1 fully saturated rings. The van der Waals surface area contributed by atoms with Crippen LogP contribution in [0.25, 0.3) is 0 Å². The van der Waals surface area contributed by atoms with Gasteiger partial charge in [0, 0.05) is 23.6 Å². The van der Waals surface area contributed by atoms with Crippen LogP contribution in [0.4, 0.5) is 0 Å². The van der Waals surface area contributed by atoms with Crippen LogP contribution >= 0.6 is 0 Å². The molecule has 2 aromatic carbocycles. The summed E-state index contributed by atoms with van der Waals surface area (Å²) in [7, 11) is 0. The van der Waals surface area contributed by atoms with Gasteiger partial charge in [0.05, 0.1) is 12.1 Å². The second-order valence-corrected chi connectivity index (χ2v) is 14.9. The maximum Gasteiger partial charge on any atom is 0.131 e. The Morgan fingerprint density at radius 3 is 1.27 bits per heavy atom. The molecule has 0 bridgehead atoms. The van der Waals surface area contributed by atoms with Crippen LogP contribution in [0.5, 0.6) is 11.5 Å². The summed E-state index contributed by atoms with van der Waals surface area (Å²) in [5.74, 6) is 2.98. The lowest BCUT2D eigenvalue weighted by Crippen LogP contribution is -2.28. The van der Waals surface area contributed by atoms with Gasteiger partial charge in [0.25, 0.3) is 0 Å². The fourth-order valence-corrected chi connectivity index (χ4v) is 6.53. The third-order valence-electron chi connectivity index (χ3n) is 8.89. The lowest BCUT2D eigenvalue weighted by molar-refractivity contribution is 0.129. The Kier molecular flexibility index (Phi) is 12.7. The van der Waals surface area contributed by atoms with E-state index in [1.807, 2.05) is 0 Å². The van der Waals surface area contributed by atoms with E-state index in [4.69, 9.17) is 19.5 Å². The molecule has 0 aliphatic heterocycles. The molecular formula is C40H62N2O2. The van der Waals surface area contributed by atoms with Gasteiger partial charge < -0.3 is 9.47 Å². The Labute approximate surface area is 270 Å². The van der Waals surface area contributed by atoms with Crippen molar-refractivity contribution in [1.82, 2.24) is 0 Å². The first-order chi connectivity index (χ1) is 20.7. The smallest absolute Gasteiger partial charge is 0.131 e. The molecular weight excluding hydrogens is 540 g/mol. The van der Waals surface area contributed by atoms with Gasteiger partial charge in [-0.05, 0) is 140 Å². The van der Waals surface area contributed by atoms with Crippen molar-refractivity contribution in [3.63, 3.8) is 0 Å². The minimum atomic E-state index is -0.282. The molecule has 0 amide bonds. The van der Waals surface area contributed by atoms with Gasteiger partial charge in [-0.1, -0.05) is 52.7 Å². The zero-order valence-electron chi connectivity index (χ0n) is 30.1. The van der Waals surface area contributed by atoms with Gasteiger partial charge in [0.2, 0.25) is 0 Å². The van der Waals surface area contributed by atoms with Crippen molar-refractivity contribution in [1.29, 1.82) is 0 Å². The fraction of sp³-hybridized carbons (Fsp3) is 0.650. The van der Waals surface area contributed by atoms with Gasteiger partial charge in [0.15, 0.2) is 0 Å². The standard InChI is InChI=1S/C40H62N2O2/c1-13-29(14-2)31-21-27(5)37(43-39(7,8)9)33(23-31)25-41-35-19-17-18-20-36(35)42-26-34-24-32(30(15-3)16-4)22-28(6)38(34)44-40(10,11)12/h21-26,29-30,35-36H,13-20H2,1-12H3. The molecule has 1 aliphatic carbocycles. The van der Waals surface area contributed by atoms with E-state index in [-0.39, 0.29) is 23.3 Å². The van der Waals surface area contributed by atoms with E-state index in [0.717, 1.165) is 61.2 Å². The maximum atomic E-state index is 6.52. The number of ether oxygens (including phenoxy) is 2. The Hall–Kier alpha value is -2.62. The van der Waals surface area contributed by atoms with Crippen molar-refractivity contribution < 1.29 is 9.47 Å². The van der Waals surface area contributed by atoms with E-state index in [2.05, 4.69) is 120 Å². The maximum absolute atomic E-state index is 6.52. The molecule has 3 rings (SSSR count). The number of hydrogen-bond donors (Lipinski definition) is 0. The zero-order chi connectivity index (χ0) is 32.7. The molecule has 2 atom stereocenters. The first-order valence-corrected chi connectivity index (χ1v) is 17.4. The molecule has 44 heavy (non-hydrogen) atoms. The van der Waals surface area contributed by atoms with Gasteiger partial charge in [0.1, 0.15) is 22.7 Å².